The van der Waals surface area contributed by atoms with Crippen molar-refractivity contribution in [2.45, 2.75) is 45.1 Å². The number of carbonyl (C=O) groups excluding carboxylic acids is 1. The zero-order valence-electron chi connectivity index (χ0n) is 8.20. The summed E-state index contributed by atoms with van der Waals surface area (Å²) >= 11 is 0. The first kappa shape index (κ1) is 9.20. The first-order chi connectivity index (χ1) is 6.20. The Hall–Kier alpha value is -0.370. The zero-order chi connectivity index (χ0) is 9.42. The van der Waals surface area contributed by atoms with Gasteiger partial charge in [0.15, 0.2) is 0 Å². The van der Waals surface area contributed by atoms with Crippen LogP contribution in [0.3, 0.4) is 0 Å². The van der Waals surface area contributed by atoms with Gasteiger partial charge in [-0.1, -0.05) is 13.3 Å². The summed E-state index contributed by atoms with van der Waals surface area (Å²) in [5.41, 5.74) is 0. The molecule has 74 valence electrons. The van der Waals surface area contributed by atoms with Crippen LogP contribution in [0.4, 0.5) is 0 Å². The molecule has 0 radical (unpaired) electrons. The Labute approximate surface area is 79.3 Å². The minimum Gasteiger partial charge on any atom is -0.393 e. The van der Waals surface area contributed by atoms with Gasteiger partial charge in [-0.15, -0.1) is 0 Å². The molecule has 0 aromatic heterocycles. The third kappa shape index (κ3) is 1.52. The predicted octanol–water partition coefficient (Wildman–Crippen LogP) is 1.76. The monoisotopic (exact) mass is 182 g/mol. The van der Waals surface area contributed by atoms with Crippen molar-refractivity contribution in [3.63, 3.8) is 0 Å². The molecule has 0 unspecified atom stereocenters. The molecule has 0 amide bonds. The third-order valence-electron chi connectivity index (χ3n) is 3.91. The van der Waals surface area contributed by atoms with Crippen molar-refractivity contribution in [1.82, 2.24) is 0 Å². The van der Waals surface area contributed by atoms with Crippen molar-refractivity contribution in [2.24, 2.45) is 17.8 Å². The molecular weight excluding hydrogens is 164 g/mol. The smallest absolute Gasteiger partial charge is 0.136 e. The van der Waals surface area contributed by atoms with Gasteiger partial charge in [0.1, 0.15) is 5.78 Å². The maximum absolute atomic E-state index is 11.5. The second-order valence-corrected chi connectivity index (χ2v) is 4.63. The van der Waals surface area contributed by atoms with Crippen molar-refractivity contribution in [2.75, 3.05) is 0 Å². The molecule has 1 N–H and O–H groups in total. The summed E-state index contributed by atoms with van der Waals surface area (Å²) in [7, 11) is 0. The minimum atomic E-state index is -0.210. The molecular formula is C11H18O2. The van der Waals surface area contributed by atoms with E-state index in [1.165, 1.54) is 6.42 Å². The average molecular weight is 182 g/mol. The van der Waals surface area contributed by atoms with Crippen LogP contribution in [-0.4, -0.2) is 17.0 Å². The van der Waals surface area contributed by atoms with E-state index in [2.05, 4.69) is 0 Å². The number of ketones is 1. The molecule has 0 aromatic rings. The van der Waals surface area contributed by atoms with Crippen LogP contribution in [-0.2, 0) is 4.79 Å². The molecule has 2 heteroatoms. The summed E-state index contributed by atoms with van der Waals surface area (Å²) in [6.45, 7) is 1.99. The van der Waals surface area contributed by atoms with Crippen molar-refractivity contribution >= 4 is 5.78 Å². The van der Waals surface area contributed by atoms with Gasteiger partial charge in [0, 0.05) is 12.3 Å². The number of aliphatic hydroxyl groups is 1. The molecule has 2 aliphatic carbocycles. The van der Waals surface area contributed by atoms with Crippen LogP contribution in [0.1, 0.15) is 39.0 Å². The second-order valence-electron chi connectivity index (χ2n) is 4.63. The fourth-order valence-electron chi connectivity index (χ4n) is 3.14. The number of hydrogen-bond acceptors (Lipinski definition) is 2. The summed E-state index contributed by atoms with van der Waals surface area (Å²) in [6, 6.07) is 0. The van der Waals surface area contributed by atoms with Gasteiger partial charge in [0.25, 0.3) is 0 Å². The minimum absolute atomic E-state index is 0.106. The third-order valence-corrected chi connectivity index (χ3v) is 3.91. The second kappa shape index (κ2) is 3.41. The maximum atomic E-state index is 11.5. The Balaban J connectivity index is 2.14. The van der Waals surface area contributed by atoms with E-state index in [0.29, 0.717) is 11.7 Å². The molecule has 0 bridgehead atoms. The molecule has 0 aromatic carbocycles. The molecule has 0 heterocycles. The number of carbonyl (C=O) groups is 1. The molecule has 0 saturated heterocycles. The Morgan fingerprint density at radius 2 is 2.08 bits per heavy atom. The maximum Gasteiger partial charge on any atom is 0.136 e. The van der Waals surface area contributed by atoms with Crippen LogP contribution >= 0.6 is 0 Å². The molecule has 2 rings (SSSR count). The SMILES string of the molecule is C[C@H]1C(=O)CC[C@H]2CCC[C@H](O)[C@@H]21. The van der Waals surface area contributed by atoms with E-state index < -0.39 is 0 Å². The van der Waals surface area contributed by atoms with Crippen LogP contribution in [0, 0.1) is 17.8 Å². The van der Waals surface area contributed by atoms with E-state index in [0.717, 1.165) is 25.7 Å². The molecule has 2 aliphatic rings. The summed E-state index contributed by atoms with van der Waals surface area (Å²) in [6.07, 6.45) is 4.82. The van der Waals surface area contributed by atoms with Crippen molar-refractivity contribution in [1.29, 1.82) is 0 Å². The number of Topliss-reactive ketones (excluding diaryl/α,β-unsaturated/α-hetero) is 1. The quantitative estimate of drug-likeness (QED) is 0.620. The Bertz CT molecular complexity index is 212. The number of rotatable bonds is 0. The zero-order valence-corrected chi connectivity index (χ0v) is 8.20. The lowest BCUT2D eigenvalue weighted by molar-refractivity contribution is -0.132. The fraction of sp³-hybridized carbons (Fsp3) is 0.909. The van der Waals surface area contributed by atoms with Gasteiger partial charge in [0.05, 0.1) is 6.10 Å². The van der Waals surface area contributed by atoms with Crippen LogP contribution < -0.4 is 0 Å². The largest absolute Gasteiger partial charge is 0.393 e. The number of aliphatic hydroxyl groups excluding tert-OH is 1. The van der Waals surface area contributed by atoms with Gasteiger partial charge in [-0.05, 0) is 31.1 Å². The van der Waals surface area contributed by atoms with Crippen molar-refractivity contribution in [3.05, 3.63) is 0 Å². The molecule has 2 saturated carbocycles. The highest BCUT2D eigenvalue weighted by molar-refractivity contribution is 5.81. The van der Waals surface area contributed by atoms with Crippen LogP contribution in [0.2, 0.25) is 0 Å². The lowest BCUT2D eigenvalue weighted by atomic mass is 9.64. The standard InChI is InChI=1S/C11H18O2/c1-7-9(12)6-5-8-3-2-4-10(13)11(7)8/h7-8,10-11,13H,2-6H2,1H3/t7-,8+,10-,11+/m0/s1. The average Bonchev–Trinajstić information content (AvgIpc) is 2.12. The summed E-state index contributed by atoms with van der Waals surface area (Å²) in [5.74, 6) is 1.36. The topological polar surface area (TPSA) is 37.3 Å². The van der Waals surface area contributed by atoms with E-state index in [1.807, 2.05) is 6.92 Å². The van der Waals surface area contributed by atoms with Crippen molar-refractivity contribution < 1.29 is 9.90 Å². The Morgan fingerprint density at radius 3 is 2.85 bits per heavy atom. The lowest BCUT2D eigenvalue weighted by Crippen LogP contribution is -2.43. The molecule has 0 spiro atoms. The van der Waals surface area contributed by atoms with E-state index in [9.17, 15) is 9.90 Å². The predicted molar refractivity (Wildman–Crippen MR) is 50.2 cm³/mol. The van der Waals surface area contributed by atoms with E-state index in [-0.39, 0.29) is 17.9 Å². The summed E-state index contributed by atoms with van der Waals surface area (Å²) in [4.78, 5) is 11.5. The molecule has 13 heavy (non-hydrogen) atoms. The lowest BCUT2D eigenvalue weighted by Gasteiger charge is -2.42. The highest BCUT2D eigenvalue weighted by Crippen LogP contribution is 2.42. The molecule has 4 atom stereocenters. The van der Waals surface area contributed by atoms with Crippen LogP contribution in [0.25, 0.3) is 0 Å². The van der Waals surface area contributed by atoms with Crippen molar-refractivity contribution in [3.8, 4) is 0 Å². The Morgan fingerprint density at radius 1 is 1.31 bits per heavy atom. The number of hydrogen-bond donors (Lipinski definition) is 1. The van der Waals surface area contributed by atoms with Gasteiger partial charge in [-0.3, -0.25) is 4.79 Å². The van der Waals surface area contributed by atoms with Gasteiger partial charge in [0.2, 0.25) is 0 Å². The normalized spacial score (nSPS) is 45.8. The van der Waals surface area contributed by atoms with E-state index in [4.69, 9.17) is 0 Å². The number of fused-ring (bicyclic) bond motifs is 1. The summed E-state index contributed by atoms with van der Waals surface area (Å²) < 4.78 is 0. The molecule has 2 nitrogen and oxygen atoms in total. The summed E-state index contributed by atoms with van der Waals surface area (Å²) in [5, 5.41) is 9.84. The van der Waals surface area contributed by atoms with Gasteiger partial charge in [-0.25, -0.2) is 0 Å². The van der Waals surface area contributed by atoms with E-state index >= 15 is 0 Å². The van der Waals surface area contributed by atoms with Crippen LogP contribution in [0.15, 0.2) is 0 Å². The first-order valence-electron chi connectivity index (χ1n) is 5.41. The highest BCUT2D eigenvalue weighted by Gasteiger charge is 2.41. The molecule has 0 aliphatic heterocycles. The highest BCUT2D eigenvalue weighted by atomic mass is 16.3. The van der Waals surface area contributed by atoms with Gasteiger partial charge in [-0.2, -0.15) is 0 Å². The first-order valence-corrected chi connectivity index (χ1v) is 5.41. The fourth-order valence-corrected chi connectivity index (χ4v) is 3.14. The van der Waals surface area contributed by atoms with E-state index in [1.54, 1.807) is 0 Å². The van der Waals surface area contributed by atoms with Gasteiger partial charge >= 0.3 is 0 Å². The van der Waals surface area contributed by atoms with Crippen LogP contribution in [0.5, 0.6) is 0 Å². The Kier molecular flexibility index (Phi) is 2.41. The molecule has 2 fully saturated rings. The van der Waals surface area contributed by atoms with Gasteiger partial charge < -0.3 is 5.11 Å².